The van der Waals surface area contributed by atoms with Crippen LogP contribution in [0.2, 0.25) is 0 Å². The second kappa shape index (κ2) is 6.90. The minimum Gasteiger partial charge on any atom is -0.359 e. The third kappa shape index (κ3) is 3.28. The molecule has 1 saturated heterocycles. The average Bonchev–Trinajstić information content (AvgIpc) is 3.28. The molecule has 0 spiro atoms. The van der Waals surface area contributed by atoms with Crippen molar-refractivity contribution in [2.75, 3.05) is 13.1 Å². The van der Waals surface area contributed by atoms with Gasteiger partial charge in [-0.2, -0.15) is 0 Å². The van der Waals surface area contributed by atoms with Crippen molar-refractivity contribution in [3.05, 3.63) is 52.9 Å². The average molecular weight is 339 g/mol. The summed E-state index contributed by atoms with van der Waals surface area (Å²) in [5.41, 5.74) is 3.70. The molecular formula is C20H25N3O2. The first kappa shape index (κ1) is 16.2. The maximum atomic E-state index is 12.7. The number of benzene rings is 1. The van der Waals surface area contributed by atoms with Gasteiger partial charge in [0.2, 0.25) is 0 Å². The minimum absolute atomic E-state index is 0.0135. The number of hydrogen-bond donors (Lipinski definition) is 1. The number of nitrogens with one attached hydrogen (secondary N) is 1. The molecule has 1 N–H and O–H groups in total. The lowest BCUT2D eigenvalue weighted by atomic mass is 9.83. The van der Waals surface area contributed by atoms with Gasteiger partial charge in [-0.25, -0.2) is 4.79 Å². The van der Waals surface area contributed by atoms with Crippen molar-refractivity contribution in [2.24, 2.45) is 0 Å². The van der Waals surface area contributed by atoms with Crippen LogP contribution >= 0.6 is 0 Å². The van der Waals surface area contributed by atoms with Crippen LogP contribution in [-0.2, 0) is 6.42 Å². The SMILES string of the molecule is Cc1cc(C2CCCN2C(=O)NCC2CCCc3ccccc32)on1. The molecule has 25 heavy (non-hydrogen) atoms. The van der Waals surface area contributed by atoms with Gasteiger partial charge in [0.05, 0.1) is 11.7 Å². The molecule has 5 nitrogen and oxygen atoms in total. The smallest absolute Gasteiger partial charge is 0.318 e. The van der Waals surface area contributed by atoms with E-state index in [2.05, 4.69) is 34.7 Å². The number of aryl methyl sites for hydroxylation is 2. The minimum atomic E-state index is 0.0135. The molecule has 0 saturated carbocycles. The van der Waals surface area contributed by atoms with E-state index in [9.17, 15) is 4.79 Å². The molecule has 0 bridgehead atoms. The number of rotatable bonds is 3. The molecule has 2 amide bonds. The van der Waals surface area contributed by atoms with Crippen LogP contribution < -0.4 is 5.32 Å². The number of amides is 2. The fraction of sp³-hybridized carbons (Fsp3) is 0.500. The Hall–Kier alpha value is -2.30. The lowest BCUT2D eigenvalue weighted by molar-refractivity contribution is 0.181. The number of fused-ring (bicyclic) bond motifs is 1. The van der Waals surface area contributed by atoms with Gasteiger partial charge in [-0.05, 0) is 50.2 Å². The van der Waals surface area contributed by atoms with Crippen LogP contribution in [0.15, 0.2) is 34.9 Å². The van der Waals surface area contributed by atoms with E-state index in [-0.39, 0.29) is 12.1 Å². The van der Waals surface area contributed by atoms with Gasteiger partial charge in [-0.15, -0.1) is 0 Å². The molecule has 1 aromatic heterocycles. The van der Waals surface area contributed by atoms with Gasteiger partial charge in [-0.3, -0.25) is 0 Å². The highest BCUT2D eigenvalue weighted by atomic mass is 16.5. The van der Waals surface area contributed by atoms with E-state index in [1.54, 1.807) is 0 Å². The summed E-state index contributed by atoms with van der Waals surface area (Å²) in [6, 6.07) is 10.6. The molecular weight excluding hydrogens is 314 g/mol. The molecule has 4 rings (SSSR count). The van der Waals surface area contributed by atoms with E-state index < -0.39 is 0 Å². The quantitative estimate of drug-likeness (QED) is 0.921. The zero-order chi connectivity index (χ0) is 17.2. The Labute approximate surface area is 148 Å². The lowest BCUT2D eigenvalue weighted by Crippen LogP contribution is -2.41. The van der Waals surface area contributed by atoms with Crippen molar-refractivity contribution in [3.8, 4) is 0 Å². The Morgan fingerprint density at radius 3 is 3.04 bits per heavy atom. The monoisotopic (exact) mass is 339 g/mol. The van der Waals surface area contributed by atoms with Crippen LogP contribution in [0.4, 0.5) is 4.79 Å². The number of aromatic nitrogens is 1. The lowest BCUT2D eigenvalue weighted by Gasteiger charge is -2.28. The molecule has 2 atom stereocenters. The second-order valence-electron chi connectivity index (χ2n) is 7.20. The normalized spacial score (nSPS) is 22.7. The summed E-state index contributed by atoms with van der Waals surface area (Å²) in [5, 5.41) is 7.13. The Morgan fingerprint density at radius 2 is 2.20 bits per heavy atom. The van der Waals surface area contributed by atoms with E-state index in [0.717, 1.165) is 43.7 Å². The number of hydrogen-bond acceptors (Lipinski definition) is 3. The predicted molar refractivity (Wildman–Crippen MR) is 95.4 cm³/mol. The van der Waals surface area contributed by atoms with Crippen molar-refractivity contribution >= 4 is 6.03 Å². The summed E-state index contributed by atoms with van der Waals surface area (Å²) in [6.07, 6.45) is 5.43. The number of carbonyl (C=O) groups is 1. The highest BCUT2D eigenvalue weighted by Gasteiger charge is 2.33. The number of carbonyl (C=O) groups excluding carboxylic acids is 1. The second-order valence-corrected chi connectivity index (χ2v) is 7.20. The van der Waals surface area contributed by atoms with Gasteiger partial charge in [-0.1, -0.05) is 29.4 Å². The summed E-state index contributed by atoms with van der Waals surface area (Å²) in [6.45, 7) is 3.39. The molecule has 5 heteroatoms. The van der Waals surface area contributed by atoms with Crippen LogP contribution in [0.25, 0.3) is 0 Å². The van der Waals surface area contributed by atoms with Gasteiger partial charge in [0.25, 0.3) is 0 Å². The molecule has 2 heterocycles. The van der Waals surface area contributed by atoms with E-state index in [1.807, 2.05) is 17.9 Å². The van der Waals surface area contributed by atoms with Crippen LogP contribution in [-0.4, -0.2) is 29.2 Å². The molecule has 2 unspecified atom stereocenters. The summed E-state index contributed by atoms with van der Waals surface area (Å²) < 4.78 is 5.40. The first-order valence-electron chi connectivity index (χ1n) is 9.28. The zero-order valence-corrected chi connectivity index (χ0v) is 14.7. The van der Waals surface area contributed by atoms with Gasteiger partial charge in [0, 0.05) is 25.1 Å². The van der Waals surface area contributed by atoms with Crippen LogP contribution in [0, 0.1) is 6.92 Å². The predicted octanol–water partition coefficient (Wildman–Crippen LogP) is 3.95. The van der Waals surface area contributed by atoms with Crippen molar-refractivity contribution < 1.29 is 9.32 Å². The van der Waals surface area contributed by atoms with Crippen molar-refractivity contribution in [2.45, 2.75) is 51.0 Å². The molecule has 2 aromatic rings. The first-order valence-corrected chi connectivity index (χ1v) is 9.28. The largest absolute Gasteiger partial charge is 0.359 e. The Morgan fingerprint density at radius 1 is 1.32 bits per heavy atom. The molecule has 2 aliphatic rings. The van der Waals surface area contributed by atoms with Crippen LogP contribution in [0.5, 0.6) is 0 Å². The Kier molecular flexibility index (Phi) is 4.47. The Balaban J connectivity index is 1.41. The van der Waals surface area contributed by atoms with Crippen molar-refractivity contribution in [3.63, 3.8) is 0 Å². The van der Waals surface area contributed by atoms with Crippen LogP contribution in [0.1, 0.15) is 60.2 Å². The summed E-state index contributed by atoms with van der Waals surface area (Å²) in [5.74, 6) is 1.22. The molecule has 1 fully saturated rings. The van der Waals surface area contributed by atoms with Crippen molar-refractivity contribution in [1.82, 2.24) is 15.4 Å². The zero-order valence-electron chi connectivity index (χ0n) is 14.7. The van der Waals surface area contributed by atoms with E-state index in [4.69, 9.17) is 4.52 Å². The first-order chi connectivity index (χ1) is 12.2. The standard InChI is InChI=1S/C20H25N3O2/c1-14-12-19(25-22-14)18-10-5-11-23(18)20(24)21-13-16-8-4-7-15-6-2-3-9-17(15)16/h2-3,6,9,12,16,18H,4-5,7-8,10-11,13H2,1H3,(H,21,24). The maximum absolute atomic E-state index is 12.7. The summed E-state index contributed by atoms with van der Waals surface area (Å²) in [7, 11) is 0. The highest BCUT2D eigenvalue weighted by molar-refractivity contribution is 5.75. The van der Waals surface area contributed by atoms with Crippen LogP contribution in [0.3, 0.4) is 0 Å². The topological polar surface area (TPSA) is 58.4 Å². The summed E-state index contributed by atoms with van der Waals surface area (Å²) in [4.78, 5) is 14.6. The third-order valence-corrected chi connectivity index (χ3v) is 5.48. The van der Waals surface area contributed by atoms with Crippen molar-refractivity contribution in [1.29, 1.82) is 0 Å². The van der Waals surface area contributed by atoms with E-state index in [1.165, 1.54) is 17.5 Å². The van der Waals surface area contributed by atoms with Gasteiger partial charge >= 0.3 is 6.03 Å². The van der Waals surface area contributed by atoms with Gasteiger partial charge in [0.15, 0.2) is 5.76 Å². The third-order valence-electron chi connectivity index (χ3n) is 5.48. The summed E-state index contributed by atoms with van der Waals surface area (Å²) >= 11 is 0. The molecule has 0 radical (unpaired) electrons. The van der Waals surface area contributed by atoms with Gasteiger partial charge < -0.3 is 14.7 Å². The molecule has 1 aromatic carbocycles. The number of urea groups is 1. The molecule has 1 aliphatic carbocycles. The van der Waals surface area contributed by atoms with Gasteiger partial charge in [0.1, 0.15) is 0 Å². The van der Waals surface area contributed by atoms with E-state index >= 15 is 0 Å². The fourth-order valence-electron chi connectivity index (χ4n) is 4.22. The number of nitrogens with zero attached hydrogens (tertiary/aromatic N) is 2. The number of likely N-dealkylation sites (tertiary alicyclic amines) is 1. The molecule has 132 valence electrons. The molecule has 1 aliphatic heterocycles. The fourth-order valence-corrected chi connectivity index (χ4v) is 4.22. The van der Waals surface area contributed by atoms with E-state index in [0.29, 0.717) is 12.5 Å². The highest BCUT2D eigenvalue weighted by Crippen LogP contribution is 2.33. The maximum Gasteiger partial charge on any atom is 0.318 e. The Bertz CT molecular complexity index is 755.